The van der Waals surface area contributed by atoms with E-state index in [9.17, 15) is 63.9 Å². The number of aromatic amines is 1. The average Bonchev–Trinajstić information content (AvgIpc) is 3.79. The summed E-state index contributed by atoms with van der Waals surface area (Å²) in [6.07, 6.45) is -5.31. The molecule has 0 aliphatic carbocycles. The van der Waals surface area contributed by atoms with Crippen LogP contribution in [0.1, 0.15) is 52.5 Å². The topological polar surface area (TPSA) is 367 Å². The molecule has 1 unspecified atom stereocenters. The van der Waals surface area contributed by atoms with E-state index < -0.39 is 146 Å². The Bertz CT molecular complexity index is 2050. The molecule has 0 saturated carbocycles. The number of carbonyl (C=O) groups is 8. The van der Waals surface area contributed by atoms with E-state index in [4.69, 9.17) is 5.73 Å². The van der Waals surface area contributed by atoms with Crippen LogP contribution in [0.25, 0.3) is 10.9 Å². The number of hydrogen-bond donors (Lipinski definition) is 14. The zero-order chi connectivity index (χ0) is 47.6. The summed E-state index contributed by atoms with van der Waals surface area (Å²) in [4.78, 5) is 111. The maximum atomic E-state index is 14.4. The van der Waals surface area contributed by atoms with Crippen molar-refractivity contribution in [2.45, 2.75) is 113 Å². The Hall–Kier alpha value is -5.53. The summed E-state index contributed by atoms with van der Waals surface area (Å²) in [5.41, 5.74) is 6.94. The molecule has 15 N–H and O–H groups in total. The lowest BCUT2D eigenvalue weighted by atomic mass is 9.94. The molecule has 1 aromatic carbocycles. The number of nitrogens with one attached hydrogen (secondary N) is 8. The molecule has 23 nitrogen and oxygen atoms in total. The number of aliphatic hydroxyl groups is 4. The molecule has 0 radical (unpaired) electrons. The third-order valence-electron chi connectivity index (χ3n) is 11.4. The van der Waals surface area contributed by atoms with Crippen molar-refractivity contribution < 1.29 is 63.9 Å². The van der Waals surface area contributed by atoms with Crippen LogP contribution in [0.2, 0.25) is 0 Å². The predicted molar refractivity (Wildman–Crippen MR) is 229 cm³/mol. The van der Waals surface area contributed by atoms with E-state index in [-0.39, 0.29) is 18.7 Å². The van der Waals surface area contributed by atoms with Gasteiger partial charge in [0.1, 0.15) is 30.1 Å². The van der Waals surface area contributed by atoms with Crippen molar-refractivity contribution in [3.05, 3.63) is 23.8 Å². The summed E-state index contributed by atoms with van der Waals surface area (Å²) in [6.45, 7) is 4.95. The number of fused-ring (bicyclic) bond motifs is 2. The summed E-state index contributed by atoms with van der Waals surface area (Å²) >= 11 is 1.13. The fourth-order valence-corrected chi connectivity index (χ4v) is 8.57. The molecule has 3 heterocycles. The number of aliphatic hydroxyl groups excluding tert-OH is 4. The molecule has 24 heteroatoms. The number of carbonyl (C=O) groups excluding carboxylic acids is 8. The molecule has 8 amide bonds. The minimum Gasteiger partial charge on any atom is -0.508 e. The molecule has 64 heavy (non-hydrogen) atoms. The second kappa shape index (κ2) is 22.9. The standard InChI is InChI=1S/C40H60N10O13S/c1-6-17(2)32-36(60)44-14-31(58)48-34(20(5)64-39-18(3)23-9-21(52)7-8-24(23)46-39)38(62)45-25(11-28(41)55)40(63)50-15-22(53)10-26(50)35(59)49-33(19(4)27(54)16-51)37(61)43-12-29(56)42-13-30(57)47-32/h7-9,17,19-20,22,25-27,32-34,40,46,51-54,63H,6,10-16H2,1-5H3,(H2,41,55)(H,42,56)(H,43,61)(H,44,60)(H,45,62)(H,47,57)(H,48,58)(H,49,59)/t17-,19-,20-,22+,25-,26-,27-,32-,33-,34-,40?/m0/s1. The van der Waals surface area contributed by atoms with E-state index in [1.54, 1.807) is 39.8 Å². The Morgan fingerprint density at radius 2 is 1.45 bits per heavy atom. The van der Waals surface area contributed by atoms with Crippen LogP contribution in [0, 0.1) is 18.8 Å². The van der Waals surface area contributed by atoms with Gasteiger partial charge in [0.05, 0.1) is 62.0 Å². The molecule has 4 rings (SSSR count). The van der Waals surface area contributed by atoms with Crippen LogP contribution in [-0.2, 0) is 38.4 Å². The molecule has 0 spiro atoms. The number of amides is 8. The molecule has 2 fully saturated rings. The van der Waals surface area contributed by atoms with Crippen molar-refractivity contribution in [1.82, 2.24) is 47.1 Å². The van der Waals surface area contributed by atoms with Crippen LogP contribution in [0.4, 0.5) is 0 Å². The highest BCUT2D eigenvalue weighted by atomic mass is 32.2. The van der Waals surface area contributed by atoms with Crippen LogP contribution in [0.3, 0.4) is 0 Å². The minimum absolute atomic E-state index is 0.0199. The number of hydrogen-bond acceptors (Lipinski definition) is 15. The zero-order valence-electron chi connectivity index (χ0n) is 36.2. The average molecular weight is 921 g/mol. The van der Waals surface area contributed by atoms with Crippen molar-refractivity contribution in [2.75, 3.05) is 32.8 Å². The monoisotopic (exact) mass is 920 g/mol. The van der Waals surface area contributed by atoms with Gasteiger partial charge in [0.15, 0.2) is 0 Å². The van der Waals surface area contributed by atoms with Crippen LogP contribution in [0.5, 0.6) is 5.75 Å². The number of nitrogens with zero attached hydrogens (tertiary/aromatic N) is 1. The predicted octanol–water partition coefficient (Wildman–Crippen LogP) is -4.37. The van der Waals surface area contributed by atoms with Gasteiger partial charge in [-0.25, -0.2) is 0 Å². The molecule has 2 saturated heterocycles. The van der Waals surface area contributed by atoms with E-state index in [1.807, 2.05) is 0 Å². The largest absolute Gasteiger partial charge is 0.508 e. The number of phenols is 1. The Labute approximate surface area is 372 Å². The van der Waals surface area contributed by atoms with Crippen molar-refractivity contribution in [2.24, 2.45) is 17.6 Å². The molecule has 354 valence electrons. The Balaban J connectivity index is 1.74. The normalized spacial score (nSPS) is 27.3. The number of rotatable bonds is 10. The summed E-state index contributed by atoms with van der Waals surface area (Å²) in [6, 6.07) is -2.55. The Kier molecular flexibility index (Phi) is 18.3. The van der Waals surface area contributed by atoms with Gasteiger partial charge in [-0.3, -0.25) is 43.3 Å². The van der Waals surface area contributed by atoms with Gasteiger partial charge in [-0.2, -0.15) is 0 Å². The first-order valence-electron chi connectivity index (χ1n) is 20.8. The second-order valence-electron chi connectivity index (χ2n) is 16.2. The van der Waals surface area contributed by atoms with E-state index >= 15 is 0 Å². The molecule has 11 atom stereocenters. The van der Waals surface area contributed by atoms with Gasteiger partial charge in [-0.1, -0.05) is 34.1 Å². The molecule has 2 aromatic rings. The smallest absolute Gasteiger partial charge is 0.244 e. The van der Waals surface area contributed by atoms with Crippen molar-refractivity contribution >= 4 is 69.9 Å². The highest BCUT2D eigenvalue weighted by molar-refractivity contribution is 8.00. The maximum absolute atomic E-state index is 14.4. The number of primary amides is 1. The van der Waals surface area contributed by atoms with Crippen LogP contribution in [-0.4, -0.2) is 169 Å². The van der Waals surface area contributed by atoms with Gasteiger partial charge in [0, 0.05) is 28.6 Å². The number of thioether (sulfide) groups is 1. The van der Waals surface area contributed by atoms with Crippen LogP contribution in [0.15, 0.2) is 23.2 Å². The number of aryl methyl sites for hydroxylation is 1. The lowest BCUT2D eigenvalue weighted by Crippen LogP contribution is -2.62. The molecular formula is C40H60N10O13S. The second-order valence-corrected chi connectivity index (χ2v) is 17.6. The van der Waals surface area contributed by atoms with Crippen molar-refractivity contribution in [3.8, 4) is 5.75 Å². The number of aromatic hydroxyl groups is 1. The SMILES string of the molecule is CC[C@H](C)[C@@H]1NC(=O)CNC(=O)CNC(=O)[C@H]([C@@H](C)[C@@H](O)CO)NC(=O)[C@@H]2C[C@@H](O)CN2C(O)[C@H](CC(N)=O)NC(=O)[C@H]([C@H](C)Sc2[nH]c3ccc(O)cc3c2C)NC(=O)CNC1=O. The number of benzene rings is 1. The maximum Gasteiger partial charge on any atom is 0.244 e. The van der Waals surface area contributed by atoms with E-state index in [1.165, 1.54) is 13.0 Å². The fraction of sp³-hybridized carbons (Fsp3) is 0.600. The lowest BCUT2D eigenvalue weighted by Gasteiger charge is -2.36. The third-order valence-corrected chi connectivity index (χ3v) is 12.7. The van der Waals surface area contributed by atoms with Gasteiger partial charge in [0.2, 0.25) is 47.3 Å². The van der Waals surface area contributed by atoms with Gasteiger partial charge in [-0.15, -0.1) is 11.8 Å². The molecule has 2 aliphatic rings. The minimum atomic E-state index is -1.90. The van der Waals surface area contributed by atoms with E-state index in [2.05, 4.69) is 42.2 Å². The first kappa shape index (κ1) is 51.1. The van der Waals surface area contributed by atoms with Gasteiger partial charge >= 0.3 is 0 Å². The summed E-state index contributed by atoms with van der Waals surface area (Å²) in [7, 11) is 0. The first-order chi connectivity index (χ1) is 30.1. The van der Waals surface area contributed by atoms with E-state index in [0.717, 1.165) is 16.7 Å². The third kappa shape index (κ3) is 13.3. The van der Waals surface area contributed by atoms with E-state index in [0.29, 0.717) is 27.9 Å². The molecule has 1 aromatic heterocycles. The van der Waals surface area contributed by atoms with Crippen LogP contribution >= 0.6 is 11.8 Å². The highest BCUT2D eigenvalue weighted by Gasteiger charge is 2.45. The number of phenolic OH excluding ortho intramolecular Hbond substituents is 1. The van der Waals surface area contributed by atoms with Gasteiger partial charge < -0.3 is 73.5 Å². The summed E-state index contributed by atoms with van der Waals surface area (Å²) < 4.78 is 0. The Morgan fingerprint density at radius 1 is 0.844 bits per heavy atom. The lowest BCUT2D eigenvalue weighted by molar-refractivity contribution is -0.139. The quantitative estimate of drug-likeness (QED) is 0.100. The molecular weight excluding hydrogens is 861 g/mol. The van der Waals surface area contributed by atoms with Gasteiger partial charge in [-0.05, 0) is 43.0 Å². The summed E-state index contributed by atoms with van der Waals surface area (Å²) in [5, 5.41) is 70.4. The number of H-pyrrole nitrogens is 1. The Morgan fingerprint density at radius 3 is 2.08 bits per heavy atom. The number of aromatic nitrogens is 1. The summed E-state index contributed by atoms with van der Waals surface area (Å²) in [5.74, 6) is -8.73. The highest BCUT2D eigenvalue weighted by Crippen LogP contribution is 2.34. The molecule has 0 bridgehead atoms. The van der Waals surface area contributed by atoms with Crippen molar-refractivity contribution in [1.29, 1.82) is 0 Å². The molecule has 2 aliphatic heterocycles. The van der Waals surface area contributed by atoms with Crippen molar-refractivity contribution in [3.63, 3.8) is 0 Å². The zero-order valence-corrected chi connectivity index (χ0v) is 37.0. The first-order valence-corrected chi connectivity index (χ1v) is 21.7. The fourth-order valence-electron chi connectivity index (χ4n) is 7.42. The van der Waals surface area contributed by atoms with Crippen LogP contribution < -0.4 is 43.0 Å². The van der Waals surface area contributed by atoms with Gasteiger partial charge in [0.25, 0.3) is 0 Å². The number of nitrogens with two attached hydrogens (primary N) is 1.